The highest BCUT2D eigenvalue weighted by atomic mass is 16.5. The fourth-order valence-corrected chi connectivity index (χ4v) is 5.76. The number of ether oxygens (including phenoxy) is 1. The number of nitrogens with zero attached hydrogens (tertiary/aromatic N) is 3. The van der Waals surface area contributed by atoms with Gasteiger partial charge >= 0.3 is 0 Å². The van der Waals surface area contributed by atoms with Crippen LogP contribution < -0.4 is 15.0 Å². The second-order valence-electron chi connectivity index (χ2n) is 9.88. The number of carbonyl (C=O) groups excluding carboxylic acids is 2. The Morgan fingerprint density at radius 1 is 0.971 bits per heavy atom. The second-order valence-corrected chi connectivity index (χ2v) is 9.88. The summed E-state index contributed by atoms with van der Waals surface area (Å²) in [4.78, 5) is 31.1. The molecule has 2 fully saturated rings. The van der Waals surface area contributed by atoms with Crippen molar-refractivity contribution in [1.82, 2.24) is 15.1 Å². The molecule has 0 aromatic heterocycles. The first-order chi connectivity index (χ1) is 17.1. The Hall–Kier alpha value is -2.90. The largest absolute Gasteiger partial charge is 0.495 e. The van der Waals surface area contributed by atoms with Gasteiger partial charge in [0.2, 0.25) is 11.8 Å². The lowest BCUT2D eigenvalue weighted by molar-refractivity contribution is -0.137. The Balaban J connectivity index is 1.08. The van der Waals surface area contributed by atoms with Crippen LogP contribution in [0.15, 0.2) is 42.5 Å². The van der Waals surface area contributed by atoms with Crippen molar-refractivity contribution in [3.63, 3.8) is 0 Å². The van der Waals surface area contributed by atoms with Crippen molar-refractivity contribution in [2.45, 2.75) is 51.2 Å². The normalized spacial score (nSPS) is 21.2. The number of amides is 2. The number of piperazine rings is 1. The number of methoxy groups -OCH3 is 1. The Morgan fingerprint density at radius 2 is 1.80 bits per heavy atom. The van der Waals surface area contributed by atoms with E-state index < -0.39 is 0 Å². The molecule has 1 N–H and O–H groups in total. The molecule has 0 spiro atoms. The molecule has 0 radical (unpaired) electrons. The third-order valence-corrected chi connectivity index (χ3v) is 7.72. The standard InChI is InChI=1S/C28H36N4O3/c1-35-26-11-3-2-10-24(26)31-17-15-30(16-18-31)14-5-4-7-21-8-6-9-22-19-32(20-23(21)22)25-12-13-27(33)29-28(25)34/h2-3,6,8-11,25H,4-5,7,12-20H2,1H3,(H,29,33,34). The van der Waals surface area contributed by atoms with Gasteiger partial charge in [0.25, 0.3) is 0 Å². The van der Waals surface area contributed by atoms with Crippen molar-refractivity contribution < 1.29 is 14.3 Å². The summed E-state index contributed by atoms with van der Waals surface area (Å²) in [5, 5.41) is 2.50. The monoisotopic (exact) mass is 476 g/mol. The predicted octanol–water partition coefficient (Wildman–Crippen LogP) is 2.96. The molecule has 7 heteroatoms. The third kappa shape index (κ3) is 5.36. The summed E-state index contributed by atoms with van der Waals surface area (Å²) in [7, 11) is 1.74. The summed E-state index contributed by atoms with van der Waals surface area (Å²) >= 11 is 0. The number of anilines is 1. The molecule has 3 aliphatic rings. The van der Waals surface area contributed by atoms with E-state index in [0.717, 1.165) is 58.0 Å². The van der Waals surface area contributed by atoms with Crippen molar-refractivity contribution in [2.24, 2.45) is 0 Å². The number of hydrogen-bond acceptors (Lipinski definition) is 6. The van der Waals surface area contributed by atoms with Gasteiger partial charge in [0, 0.05) is 45.7 Å². The van der Waals surface area contributed by atoms with E-state index in [0.29, 0.717) is 12.8 Å². The van der Waals surface area contributed by atoms with Crippen molar-refractivity contribution in [2.75, 3.05) is 44.7 Å². The van der Waals surface area contributed by atoms with Crippen LogP contribution in [0.1, 0.15) is 42.4 Å². The molecule has 7 nitrogen and oxygen atoms in total. The van der Waals surface area contributed by atoms with Crippen LogP contribution in [0, 0.1) is 0 Å². The maximum Gasteiger partial charge on any atom is 0.243 e. The number of imide groups is 1. The van der Waals surface area contributed by atoms with Gasteiger partial charge in [-0.25, -0.2) is 0 Å². The lowest BCUT2D eigenvalue weighted by atomic mass is 9.99. The Morgan fingerprint density at radius 3 is 2.60 bits per heavy atom. The Bertz CT molecular complexity index is 1060. The molecule has 2 amide bonds. The lowest BCUT2D eigenvalue weighted by Crippen LogP contribution is -2.50. The molecule has 186 valence electrons. The zero-order valence-corrected chi connectivity index (χ0v) is 20.7. The molecule has 1 unspecified atom stereocenters. The van der Waals surface area contributed by atoms with Gasteiger partial charge < -0.3 is 9.64 Å². The van der Waals surface area contributed by atoms with E-state index in [9.17, 15) is 9.59 Å². The average Bonchev–Trinajstić information content (AvgIpc) is 3.32. The van der Waals surface area contributed by atoms with Crippen molar-refractivity contribution in [3.05, 3.63) is 59.2 Å². The van der Waals surface area contributed by atoms with Gasteiger partial charge in [-0.2, -0.15) is 0 Å². The molecule has 0 bridgehead atoms. The highest BCUT2D eigenvalue weighted by Gasteiger charge is 2.35. The van der Waals surface area contributed by atoms with Gasteiger partial charge in [-0.15, -0.1) is 0 Å². The highest BCUT2D eigenvalue weighted by Crippen LogP contribution is 2.31. The summed E-state index contributed by atoms with van der Waals surface area (Å²) in [6.07, 6.45) is 4.49. The maximum atomic E-state index is 12.3. The molecular formula is C28H36N4O3. The minimum atomic E-state index is -0.192. The van der Waals surface area contributed by atoms with Crippen molar-refractivity contribution >= 4 is 17.5 Å². The van der Waals surface area contributed by atoms with Crippen LogP contribution in [0.5, 0.6) is 5.75 Å². The highest BCUT2D eigenvalue weighted by molar-refractivity contribution is 6.00. The third-order valence-electron chi connectivity index (χ3n) is 7.72. The SMILES string of the molecule is COc1ccccc1N1CCN(CCCCc2cccc3c2CN(C2CCC(=O)NC2=O)C3)CC1. The first-order valence-electron chi connectivity index (χ1n) is 12.9. The molecule has 5 rings (SSSR count). The van der Waals surface area contributed by atoms with Crippen LogP contribution in [0.2, 0.25) is 0 Å². The predicted molar refractivity (Wildman–Crippen MR) is 136 cm³/mol. The fraction of sp³-hybridized carbons (Fsp3) is 0.500. The number of rotatable bonds is 8. The number of nitrogens with one attached hydrogen (secondary N) is 1. The van der Waals surface area contributed by atoms with E-state index in [2.05, 4.69) is 50.3 Å². The first kappa shape index (κ1) is 23.8. The van der Waals surface area contributed by atoms with Crippen LogP contribution in [0.25, 0.3) is 0 Å². The molecule has 2 aromatic rings. The number of piperidine rings is 1. The molecule has 3 aliphatic heterocycles. The number of carbonyl (C=O) groups is 2. The molecule has 3 heterocycles. The summed E-state index contributed by atoms with van der Waals surface area (Å²) in [6, 6.07) is 14.7. The maximum absolute atomic E-state index is 12.3. The minimum Gasteiger partial charge on any atom is -0.495 e. The number of benzene rings is 2. The molecular weight excluding hydrogens is 440 g/mol. The quantitative estimate of drug-likeness (QED) is 0.467. The molecule has 35 heavy (non-hydrogen) atoms. The number of fused-ring (bicyclic) bond motifs is 1. The molecule has 1 atom stereocenters. The van der Waals surface area contributed by atoms with E-state index in [1.165, 1.54) is 35.2 Å². The number of unbranched alkanes of at least 4 members (excludes halogenated alkanes) is 1. The minimum absolute atomic E-state index is 0.138. The van der Waals surface area contributed by atoms with Gasteiger partial charge in [0.1, 0.15) is 5.75 Å². The van der Waals surface area contributed by atoms with E-state index in [1.807, 2.05) is 12.1 Å². The zero-order chi connectivity index (χ0) is 24.2. The van der Waals surface area contributed by atoms with E-state index in [-0.39, 0.29) is 17.9 Å². The fourth-order valence-electron chi connectivity index (χ4n) is 5.76. The van der Waals surface area contributed by atoms with Gasteiger partial charge in [-0.05, 0) is 61.1 Å². The van der Waals surface area contributed by atoms with E-state index in [4.69, 9.17) is 4.74 Å². The Labute approximate surface area is 208 Å². The van der Waals surface area contributed by atoms with Crippen LogP contribution in [0.3, 0.4) is 0 Å². The van der Waals surface area contributed by atoms with Crippen molar-refractivity contribution in [1.29, 1.82) is 0 Å². The zero-order valence-electron chi connectivity index (χ0n) is 20.7. The van der Waals surface area contributed by atoms with Gasteiger partial charge in [0.05, 0.1) is 18.8 Å². The number of para-hydroxylation sites is 2. The molecule has 0 aliphatic carbocycles. The summed E-state index contributed by atoms with van der Waals surface area (Å²) in [5.41, 5.74) is 5.33. The van der Waals surface area contributed by atoms with Gasteiger partial charge in [-0.3, -0.25) is 24.7 Å². The van der Waals surface area contributed by atoms with E-state index >= 15 is 0 Å². The second kappa shape index (κ2) is 10.8. The summed E-state index contributed by atoms with van der Waals surface area (Å²) in [5.74, 6) is 0.666. The topological polar surface area (TPSA) is 65.1 Å². The first-order valence-corrected chi connectivity index (χ1v) is 12.9. The molecule has 2 aromatic carbocycles. The van der Waals surface area contributed by atoms with Crippen LogP contribution in [0.4, 0.5) is 5.69 Å². The Kier molecular flexibility index (Phi) is 7.35. The number of hydrogen-bond donors (Lipinski definition) is 1. The molecule has 0 saturated carbocycles. The van der Waals surface area contributed by atoms with Gasteiger partial charge in [0.15, 0.2) is 0 Å². The van der Waals surface area contributed by atoms with E-state index in [1.54, 1.807) is 7.11 Å². The van der Waals surface area contributed by atoms with Crippen LogP contribution >= 0.6 is 0 Å². The van der Waals surface area contributed by atoms with Crippen LogP contribution in [-0.2, 0) is 29.1 Å². The lowest BCUT2D eigenvalue weighted by Gasteiger charge is -2.36. The average molecular weight is 477 g/mol. The summed E-state index contributed by atoms with van der Waals surface area (Å²) in [6.45, 7) is 6.97. The number of aryl methyl sites for hydroxylation is 1. The van der Waals surface area contributed by atoms with Crippen LogP contribution in [-0.4, -0.2) is 67.5 Å². The smallest absolute Gasteiger partial charge is 0.243 e. The van der Waals surface area contributed by atoms with Crippen molar-refractivity contribution in [3.8, 4) is 5.75 Å². The molecule has 2 saturated heterocycles. The summed E-state index contributed by atoms with van der Waals surface area (Å²) < 4.78 is 5.54. The van der Waals surface area contributed by atoms with Gasteiger partial charge in [-0.1, -0.05) is 30.3 Å².